The van der Waals surface area contributed by atoms with Crippen molar-refractivity contribution in [2.24, 2.45) is 10.7 Å². The molecule has 0 aliphatic carbocycles. The van der Waals surface area contributed by atoms with Crippen LogP contribution in [0.1, 0.15) is 6.42 Å². The van der Waals surface area contributed by atoms with Crippen molar-refractivity contribution in [3.05, 3.63) is 0 Å². The average Bonchev–Trinajstić information content (AvgIpc) is 2.62. The number of nitrogens with zero attached hydrogens (tertiary/aromatic N) is 3. The van der Waals surface area contributed by atoms with Crippen LogP contribution in [0.3, 0.4) is 0 Å². The fourth-order valence-electron chi connectivity index (χ4n) is 1.95. The lowest BCUT2D eigenvalue weighted by Gasteiger charge is -2.22. The van der Waals surface area contributed by atoms with Gasteiger partial charge < -0.3 is 20.9 Å². The van der Waals surface area contributed by atoms with Crippen molar-refractivity contribution in [1.82, 2.24) is 15.1 Å². The summed E-state index contributed by atoms with van der Waals surface area (Å²) in [5, 5.41) is 3.24. The summed E-state index contributed by atoms with van der Waals surface area (Å²) in [6.45, 7) is 4.97. The van der Waals surface area contributed by atoms with Gasteiger partial charge in [-0.3, -0.25) is 4.99 Å². The molecule has 1 fully saturated rings. The van der Waals surface area contributed by atoms with Crippen LogP contribution in [0, 0.1) is 0 Å². The fraction of sp³-hybridized carbons (Fsp3) is 0.778. The van der Waals surface area contributed by atoms with E-state index in [2.05, 4.69) is 15.2 Å². The highest BCUT2D eigenvalue weighted by molar-refractivity contribution is 5.81. The van der Waals surface area contributed by atoms with Crippen molar-refractivity contribution < 1.29 is 4.79 Å². The third-order valence-electron chi connectivity index (χ3n) is 2.76. The molecule has 0 saturated carbocycles. The summed E-state index contributed by atoms with van der Waals surface area (Å²) >= 11 is 0. The number of nitrogens with two attached hydrogens (primary N) is 1. The molecular weight excluding hydrogens is 194 g/mol. The number of hydrogen-bond acceptors (Lipinski definition) is 4. The number of amides is 2. The summed E-state index contributed by atoms with van der Waals surface area (Å²) in [5.74, 6) is 0.973. The van der Waals surface area contributed by atoms with Crippen molar-refractivity contribution in [2.45, 2.75) is 6.42 Å². The van der Waals surface area contributed by atoms with E-state index in [1.165, 1.54) is 0 Å². The summed E-state index contributed by atoms with van der Waals surface area (Å²) < 4.78 is 0. The molecule has 6 nitrogen and oxygen atoms in total. The predicted molar refractivity (Wildman–Crippen MR) is 57.7 cm³/mol. The number of hydrogen-bond donors (Lipinski definition) is 2. The Hall–Kier alpha value is -1.46. The van der Waals surface area contributed by atoms with Gasteiger partial charge in [-0.25, -0.2) is 4.79 Å². The first-order valence-corrected chi connectivity index (χ1v) is 5.35. The fourth-order valence-corrected chi connectivity index (χ4v) is 1.95. The van der Waals surface area contributed by atoms with E-state index in [-0.39, 0.29) is 6.03 Å². The first-order chi connectivity index (χ1) is 7.27. The Balaban J connectivity index is 1.92. The zero-order chi connectivity index (χ0) is 10.7. The molecule has 1 saturated heterocycles. The second-order valence-electron chi connectivity index (χ2n) is 3.80. The zero-order valence-electron chi connectivity index (χ0n) is 8.78. The molecule has 2 rings (SSSR count). The standard InChI is InChI=1S/C9H17N5O/c10-8(15)13-4-1-5-14(7-6-13)9-11-2-3-12-9/h1-7H2,(H2,10,15)(H,11,12). The van der Waals surface area contributed by atoms with Crippen molar-refractivity contribution in [3.63, 3.8) is 0 Å². The summed E-state index contributed by atoms with van der Waals surface area (Å²) in [6, 6.07) is -0.321. The molecule has 0 bridgehead atoms. The zero-order valence-corrected chi connectivity index (χ0v) is 8.78. The van der Waals surface area contributed by atoms with E-state index in [1.807, 2.05) is 0 Å². The monoisotopic (exact) mass is 211 g/mol. The topological polar surface area (TPSA) is 74.0 Å². The smallest absolute Gasteiger partial charge is 0.314 e. The quantitative estimate of drug-likeness (QED) is 0.541. The van der Waals surface area contributed by atoms with Gasteiger partial charge in [0, 0.05) is 32.7 Å². The first kappa shape index (κ1) is 10.1. The van der Waals surface area contributed by atoms with Crippen LogP contribution < -0.4 is 11.1 Å². The van der Waals surface area contributed by atoms with E-state index in [0.29, 0.717) is 6.54 Å². The molecule has 2 amide bonds. The van der Waals surface area contributed by atoms with Crippen molar-refractivity contribution in [1.29, 1.82) is 0 Å². The normalized spacial score (nSPS) is 22.0. The Kier molecular flexibility index (Phi) is 2.94. The van der Waals surface area contributed by atoms with Crippen LogP contribution in [0.4, 0.5) is 4.79 Å². The van der Waals surface area contributed by atoms with E-state index in [0.717, 1.165) is 45.1 Å². The van der Waals surface area contributed by atoms with E-state index >= 15 is 0 Å². The molecule has 6 heteroatoms. The highest BCUT2D eigenvalue weighted by atomic mass is 16.2. The maximum atomic E-state index is 11.0. The average molecular weight is 211 g/mol. The van der Waals surface area contributed by atoms with Crippen LogP contribution >= 0.6 is 0 Å². The lowest BCUT2D eigenvalue weighted by molar-refractivity contribution is 0.210. The van der Waals surface area contributed by atoms with E-state index in [9.17, 15) is 4.79 Å². The number of guanidine groups is 1. The summed E-state index contributed by atoms with van der Waals surface area (Å²) in [5.41, 5.74) is 5.26. The van der Waals surface area contributed by atoms with Crippen molar-refractivity contribution in [3.8, 4) is 0 Å². The minimum atomic E-state index is -0.321. The van der Waals surface area contributed by atoms with E-state index < -0.39 is 0 Å². The van der Waals surface area contributed by atoms with Gasteiger partial charge in [-0.2, -0.15) is 0 Å². The number of nitrogens with one attached hydrogen (secondary N) is 1. The van der Waals surface area contributed by atoms with E-state index in [1.54, 1.807) is 4.90 Å². The Morgan fingerprint density at radius 2 is 2.20 bits per heavy atom. The SMILES string of the molecule is NC(=O)N1CCCN(C2=NCCN2)CC1. The largest absolute Gasteiger partial charge is 0.354 e. The van der Waals surface area contributed by atoms with Crippen molar-refractivity contribution in [2.75, 3.05) is 39.3 Å². The highest BCUT2D eigenvalue weighted by Gasteiger charge is 2.20. The molecule has 15 heavy (non-hydrogen) atoms. The number of rotatable bonds is 0. The Labute approximate surface area is 89.1 Å². The van der Waals surface area contributed by atoms with Crippen LogP contribution in [0.25, 0.3) is 0 Å². The Bertz CT molecular complexity index is 278. The molecule has 2 heterocycles. The molecule has 0 aromatic carbocycles. The van der Waals surface area contributed by atoms with E-state index in [4.69, 9.17) is 5.73 Å². The van der Waals surface area contributed by atoms with Gasteiger partial charge >= 0.3 is 6.03 Å². The number of carbonyl (C=O) groups is 1. The molecule has 0 aromatic rings. The van der Waals surface area contributed by atoms with Gasteiger partial charge in [0.05, 0.1) is 6.54 Å². The summed E-state index contributed by atoms with van der Waals surface area (Å²) in [6.07, 6.45) is 0.948. The molecule has 2 aliphatic heterocycles. The molecule has 3 N–H and O–H groups in total. The Morgan fingerprint density at radius 1 is 1.33 bits per heavy atom. The minimum absolute atomic E-state index is 0.321. The van der Waals surface area contributed by atoms with Crippen molar-refractivity contribution >= 4 is 12.0 Å². The van der Waals surface area contributed by atoms with Crippen LogP contribution in [-0.4, -0.2) is 61.1 Å². The van der Waals surface area contributed by atoms with Gasteiger partial charge in [0.15, 0.2) is 5.96 Å². The maximum absolute atomic E-state index is 11.0. The molecule has 2 aliphatic rings. The third-order valence-corrected chi connectivity index (χ3v) is 2.76. The van der Waals surface area contributed by atoms with Crippen LogP contribution in [0.2, 0.25) is 0 Å². The molecule has 0 atom stereocenters. The predicted octanol–water partition coefficient (Wildman–Crippen LogP) is -0.968. The lowest BCUT2D eigenvalue weighted by Crippen LogP contribution is -2.42. The molecule has 0 radical (unpaired) electrons. The van der Waals surface area contributed by atoms with Crippen LogP contribution in [0.15, 0.2) is 4.99 Å². The summed E-state index contributed by atoms with van der Waals surface area (Å²) in [7, 11) is 0. The molecule has 84 valence electrons. The van der Waals surface area contributed by atoms with Gasteiger partial charge in [-0.05, 0) is 6.42 Å². The minimum Gasteiger partial charge on any atom is -0.354 e. The summed E-state index contributed by atoms with van der Waals surface area (Å²) in [4.78, 5) is 19.3. The van der Waals surface area contributed by atoms with Gasteiger partial charge in [0.1, 0.15) is 0 Å². The number of primary amides is 1. The number of carbonyl (C=O) groups excluding carboxylic acids is 1. The molecular formula is C9H17N5O. The van der Waals surface area contributed by atoms with Gasteiger partial charge in [0.2, 0.25) is 0 Å². The number of urea groups is 1. The van der Waals surface area contributed by atoms with Crippen LogP contribution in [-0.2, 0) is 0 Å². The second-order valence-corrected chi connectivity index (χ2v) is 3.80. The van der Waals surface area contributed by atoms with Gasteiger partial charge in [0.25, 0.3) is 0 Å². The number of aliphatic imine (C=N–C) groups is 1. The second kappa shape index (κ2) is 4.37. The lowest BCUT2D eigenvalue weighted by atomic mass is 10.4. The maximum Gasteiger partial charge on any atom is 0.314 e. The molecule has 0 aromatic heterocycles. The molecule has 0 spiro atoms. The van der Waals surface area contributed by atoms with Gasteiger partial charge in [-0.1, -0.05) is 0 Å². The first-order valence-electron chi connectivity index (χ1n) is 5.35. The third kappa shape index (κ3) is 2.31. The molecule has 0 unspecified atom stereocenters. The Morgan fingerprint density at radius 3 is 2.87 bits per heavy atom. The van der Waals surface area contributed by atoms with Crippen LogP contribution in [0.5, 0.6) is 0 Å². The highest BCUT2D eigenvalue weighted by Crippen LogP contribution is 2.04. The van der Waals surface area contributed by atoms with Gasteiger partial charge in [-0.15, -0.1) is 0 Å².